The lowest BCUT2D eigenvalue weighted by Gasteiger charge is -2.28. The number of nitro groups is 1. The van der Waals surface area contributed by atoms with Crippen molar-refractivity contribution in [3.05, 3.63) is 69.5 Å². The Balaban J connectivity index is 1.76. The van der Waals surface area contributed by atoms with Crippen LogP contribution in [0.4, 0.5) is 11.5 Å². The first-order valence-electron chi connectivity index (χ1n) is 7.55. The van der Waals surface area contributed by atoms with E-state index in [0.29, 0.717) is 23.7 Å². The summed E-state index contributed by atoms with van der Waals surface area (Å²) in [6, 6.07) is 12.8. The lowest BCUT2D eigenvalue weighted by molar-refractivity contribution is -0.384. The van der Waals surface area contributed by atoms with Crippen LogP contribution in [0.5, 0.6) is 0 Å². The van der Waals surface area contributed by atoms with Crippen LogP contribution in [0.3, 0.4) is 0 Å². The number of imidazole rings is 1. The Kier molecular flexibility index (Phi) is 3.17. The first-order chi connectivity index (χ1) is 11.7. The number of pyridine rings is 1. The number of aromatic nitrogens is 2. The predicted molar refractivity (Wildman–Crippen MR) is 87.8 cm³/mol. The van der Waals surface area contributed by atoms with Gasteiger partial charge in [-0.15, -0.1) is 0 Å². The zero-order valence-corrected chi connectivity index (χ0v) is 12.7. The standard InChI is InChI=1S/C17H13N5O2/c18-10-15-17(19-16-3-1-2-7-21(15)16)20-8-6-12-4-5-14(22(23)24)9-13(12)11-20/h1-5,7,9H,6,8,11H2. The summed E-state index contributed by atoms with van der Waals surface area (Å²) in [4.78, 5) is 17.2. The number of fused-ring (bicyclic) bond motifs is 2. The number of rotatable bonds is 2. The second-order valence-electron chi connectivity index (χ2n) is 5.71. The smallest absolute Gasteiger partial charge is 0.269 e. The number of nitriles is 1. The Morgan fingerprint density at radius 3 is 2.92 bits per heavy atom. The maximum Gasteiger partial charge on any atom is 0.269 e. The van der Waals surface area contributed by atoms with E-state index >= 15 is 0 Å². The molecule has 0 radical (unpaired) electrons. The van der Waals surface area contributed by atoms with E-state index < -0.39 is 0 Å². The molecule has 0 unspecified atom stereocenters. The first-order valence-corrected chi connectivity index (χ1v) is 7.55. The molecule has 0 bridgehead atoms. The fourth-order valence-corrected chi connectivity index (χ4v) is 3.15. The lowest BCUT2D eigenvalue weighted by atomic mass is 9.99. The highest BCUT2D eigenvalue weighted by molar-refractivity contribution is 5.61. The van der Waals surface area contributed by atoms with Gasteiger partial charge < -0.3 is 4.90 Å². The van der Waals surface area contributed by atoms with Crippen molar-refractivity contribution < 1.29 is 4.92 Å². The zero-order chi connectivity index (χ0) is 16.7. The van der Waals surface area contributed by atoms with Crippen molar-refractivity contribution in [2.45, 2.75) is 13.0 Å². The second-order valence-corrected chi connectivity index (χ2v) is 5.71. The van der Waals surface area contributed by atoms with E-state index in [1.54, 1.807) is 16.5 Å². The van der Waals surface area contributed by atoms with Gasteiger partial charge in [-0.05, 0) is 29.7 Å². The minimum Gasteiger partial charge on any atom is -0.350 e. The van der Waals surface area contributed by atoms with Crippen LogP contribution in [-0.2, 0) is 13.0 Å². The average molecular weight is 319 g/mol. The van der Waals surface area contributed by atoms with Crippen LogP contribution in [0.1, 0.15) is 16.8 Å². The number of nitro benzene ring substituents is 1. The van der Waals surface area contributed by atoms with Crippen molar-refractivity contribution in [2.75, 3.05) is 11.4 Å². The SMILES string of the molecule is N#Cc1c(N2CCc3ccc([N+](=O)[O-])cc3C2)nc2ccccn12. The summed E-state index contributed by atoms with van der Waals surface area (Å²) in [6.07, 6.45) is 2.58. The van der Waals surface area contributed by atoms with Gasteiger partial charge in [0, 0.05) is 31.4 Å². The van der Waals surface area contributed by atoms with Gasteiger partial charge in [0.25, 0.3) is 5.69 Å². The molecule has 0 fully saturated rings. The number of hydrogen-bond acceptors (Lipinski definition) is 5. The van der Waals surface area contributed by atoms with Gasteiger partial charge >= 0.3 is 0 Å². The molecule has 0 amide bonds. The van der Waals surface area contributed by atoms with E-state index in [-0.39, 0.29) is 10.6 Å². The van der Waals surface area contributed by atoms with Gasteiger partial charge in [0.15, 0.2) is 11.5 Å². The molecule has 7 nitrogen and oxygen atoms in total. The van der Waals surface area contributed by atoms with E-state index in [1.165, 1.54) is 0 Å². The maximum absolute atomic E-state index is 11.0. The van der Waals surface area contributed by atoms with Crippen molar-refractivity contribution in [1.29, 1.82) is 5.26 Å². The van der Waals surface area contributed by atoms with Crippen molar-refractivity contribution in [2.24, 2.45) is 0 Å². The molecule has 0 saturated carbocycles. The Morgan fingerprint density at radius 1 is 1.25 bits per heavy atom. The van der Waals surface area contributed by atoms with Gasteiger partial charge in [0.2, 0.25) is 0 Å². The van der Waals surface area contributed by atoms with Crippen LogP contribution in [0.15, 0.2) is 42.6 Å². The third-order valence-corrected chi connectivity index (χ3v) is 4.33. The third-order valence-electron chi connectivity index (χ3n) is 4.33. The summed E-state index contributed by atoms with van der Waals surface area (Å²) in [7, 11) is 0. The summed E-state index contributed by atoms with van der Waals surface area (Å²) in [6.45, 7) is 1.24. The second kappa shape index (κ2) is 5.35. The molecule has 118 valence electrons. The number of anilines is 1. The lowest BCUT2D eigenvalue weighted by Crippen LogP contribution is -2.31. The van der Waals surface area contributed by atoms with E-state index in [1.807, 2.05) is 35.4 Å². The van der Waals surface area contributed by atoms with Crippen LogP contribution in [0.25, 0.3) is 5.65 Å². The topological polar surface area (TPSA) is 87.5 Å². The van der Waals surface area contributed by atoms with E-state index in [0.717, 1.165) is 24.1 Å². The maximum atomic E-state index is 11.0. The molecule has 1 aliphatic heterocycles. The molecule has 7 heteroatoms. The molecule has 1 aliphatic rings. The van der Waals surface area contributed by atoms with Crippen molar-refractivity contribution in [3.63, 3.8) is 0 Å². The van der Waals surface area contributed by atoms with Crippen LogP contribution >= 0.6 is 0 Å². The quantitative estimate of drug-likeness (QED) is 0.535. The Morgan fingerprint density at radius 2 is 2.12 bits per heavy atom. The molecule has 2 aromatic heterocycles. The van der Waals surface area contributed by atoms with Gasteiger partial charge in [-0.25, -0.2) is 4.98 Å². The van der Waals surface area contributed by atoms with Gasteiger partial charge in [0.05, 0.1) is 4.92 Å². The van der Waals surface area contributed by atoms with Crippen LogP contribution in [-0.4, -0.2) is 20.9 Å². The van der Waals surface area contributed by atoms with Gasteiger partial charge in [-0.2, -0.15) is 5.26 Å². The van der Waals surface area contributed by atoms with E-state index in [9.17, 15) is 15.4 Å². The zero-order valence-electron chi connectivity index (χ0n) is 12.7. The number of nitrogens with zero attached hydrogens (tertiary/aromatic N) is 5. The highest BCUT2D eigenvalue weighted by atomic mass is 16.6. The molecule has 0 aliphatic carbocycles. The Bertz CT molecular complexity index is 1000. The molecule has 0 N–H and O–H groups in total. The minimum atomic E-state index is -0.384. The summed E-state index contributed by atoms with van der Waals surface area (Å²) >= 11 is 0. The highest BCUT2D eigenvalue weighted by Gasteiger charge is 2.24. The summed E-state index contributed by atoms with van der Waals surface area (Å²) < 4.78 is 1.76. The van der Waals surface area contributed by atoms with E-state index in [4.69, 9.17) is 0 Å². The number of hydrogen-bond donors (Lipinski definition) is 0. The van der Waals surface area contributed by atoms with Crippen LogP contribution < -0.4 is 4.90 Å². The molecular formula is C17H13N5O2. The van der Waals surface area contributed by atoms with Crippen molar-refractivity contribution in [3.8, 4) is 6.07 Å². The van der Waals surface area contributed by atoms with Gasteiger partial charge in [-0.1, -0.05) is 12.1 Å². The number of non-ortho nitro benzene ring substituents is 1. The molecule has 4 rings (SSSR count). The average Bonchev–Trinajstić information content (AvgIpc) is 2.99. The normalized spacial score (nSPS) is 13.5. The molecule has 0 atom stereocenters. The Labute approximate surface area is 137 Å². The van der Waals surface area contributed by atoms with Crippen LogP contribution in [0, 0.1) is 21.4 Å². The van der Waals surface area contributed by atoms with Gasteiger partial charge in [0.1, 0.15) is 11.7 Å². The molecule has 24 heavy (non-hydrogen) atoms. The minimum absolute atomic E-state index is 0.0890. The largest absolute Gasteiger partial charge is 0.350 e. The fraction of sp³-hybridized carbons (Fsp3) is 0.176. The molecule has 3 aromatic rings. The van der Waals surface area contributed by atoms with Gasteiger partial charge in [-0.3, -0.25) is 14.5 Å². The predicted octanol–water partition coefficient (Wildman–Crippen LogP) is 2.68. The molecule has 1 aromatic carbocycles. The summed E-state index contributed by atoms with van der Waals surface area (Å²) in [5.74, 6) is 0.626. The first kappa shape index (κ1) is 14.2. The summed E-state index contributed by atoms with van der Waals surface area (Å²) in [5.41, 5.74) is 3.31. The highest BCUT2D eigenvalue weighted by Crippen LogP contribution is 2.29. The number of benzene rings is 1. The monoisotopic (exact) mass is 319 g/mol. The molecule has 0 saturated heterocycles. The van der Waals surface area contributed by atoms with Crippen molar-refractivity contribution >= 4 is 17.2 Å². The van der Waals surface area contributed by atoms with Crippen LogP contribution in [0.2, 0.25) is 0 Å². The van der Waals surface area contributed by atoms with Crippen molar-refractivity contribution in [1.82, 2.24) is 9.38 Å². The summed E-state index contributed by atoms with van der Waals surface area (Å²) in [5, 5.41) is 20.5. The Hall–Kier alpha value is -3.40. The molecular weight excluding hydrogens is 306 g/mol. The fourth-order valence-electron chi connectivity index (χ4n) is 3.15. The molecule has 3 heterocycles. The third kappa shape index (κ3) is 2.16. The van der Waals surface area contributed by atoms with E-state index in [2.05, 4.69) is 11.1 Å². The molecule has 0 spiro atoms.